The Morgan fingerprint density at radius 1 is 1.22 bits per heavy atom. The zero-order chi connectivity index (χ0) is 23.3. The van der Waals surface area contributed by atoms with Gasteiger partial charge in [-0.15, -0.1) is 0 Å². The van der Waals surface area contributed by atoms with E-state index in [1.165, 1.54) is 59.9 Å². The van der Waals surface area contributed by atoms with Crippen LogP contribution >= 0.6 is 0 Å². The van der Waals surface area contributed by atoms with Gasteiger partial charge in [-0.2, -0.15) is 18.3 Å². The topological polar surface area (TPSA) is 77.0 Å². The molecule has 0 saturated carbocycles. The number of hydrogen-bond donors (Lipinski definition) is 1. The maximum atomic E-state index is 13.6. The van der Waals surface area contributed by atoms with Gasteiger partial charge in [-0.1, -0.05) is 12.7 Å². The number of alkyl halides is 3. The lowest BCUT2D eigenvalue weighted by Crippen LogP contribution is -2.25. The highest BCUT2D eigenvalue weighted by atomic mass is 19.4. The molecule has 2 heterocycles. The van der Waals surface area contributed by atoms with E-state index in [-0.39, 0.29) is 22.9 Å². The zero-order valence-electron chi connectivity index (χ0n) is 17.1. The van der Waals surface area contributed by atoms with Crippen molar-refractivity contribution in [1.82, 2.24) is 19.7 Å². The molecular formula is C23H20F3N5O. The number of pyridine rings is 1. The number of halogens is 3. The van der Waals surface area contributed by atoms with Gasteiger partial charge in [0.25, 0.3) is 5.91 Å². The smallest absolute Gasteiger partial charge is 0.405 e. The normalized spacial score (nSPS) is 12.2. The Kier molecular flexibility index (Phi) is 6.58. The van der Waals surface area contributed by atoms with Crippen LogP contribution in [0.5, 0.6) is 0 Å². The van der Waals surface area contributed by atoms with Gasteiger partial charge in [0.2, 0.25) is 0 Å². The summed E-state index contributed by atoms with van der Waals surface area (Å²) in [5.74, 6) is -0.365. The first-order valence-corrected chi connectivity index (χ1v) is 9.43. The Morgan fingerprint density at radius 3 is 2.50 bits per heavy atom. The van der Waals surface area contributed by atoms with E-state index in [4.69, 9.17) is 5.73 Å². The molecule has 164 valence electrons. The van der Waals surface area contributed by atoms with Gasteiger partial charge in [-0.05, 0) is 60.8 Å². The van der Waals surface area contributed by atoms with E-state index in [2.05, 4.69) is 16.7 Å². The molecule has 1 aromatic carbocycles. The fourth-order valence-electron chi connectivity index (χ4n) is 2.99. The molecule has 2 N–H and O–H groups in total. The molecule has 0 aliphatic rings. The van der Waals surface area contributed by atoms with Crippen molar-refractivity contribution < 1.29 is 18.0 Å². The molecule has 0 fully saturated rings. The zero-order valence-corrected chi connectivity index (χ0v) is 17.1. The first-order chi connectivity index (χ1) is 15.3. The molecule has 32 heavy (non-hydrogen) atoms. The minimum Gasteiger partial charge on any atom is -0.405 e. The van der Waals surface area contributed by atoms with Crippen LogP contribution in [0.25, 0.3) is 16.9 Å². The summed E-state index contributed by atoms with van der Waals surface area (Å²) in [4.78, 5) is 18.0. The monoisotopic (exact) mass is 439 g/mol. The van der Waals surface area contributed by atoms with Crippen molar-refractivity contribution in [3.8, 4) is 16.9 Å². The summed E-state index contributed by atoms with van der Waals surface area (Å²) in [6, 6.07) is 9.91. The van der Waals surface area contributed by atoms with E-state index in [1.807, 2.05) is 0 Å². The highest BCUT2D eigenvalue weighted by molar-refractivity contribution is 5.95. The number of carbonyl (C=O) groups excluding carboxylic acids is 1. The van der Waals surface area contributed by atoms with E-state index in [9.17, 15) is 18.0 Å². The highest BCUT2D eigenvalue weighted by Crippen LogP contribution is 2.34. The van der Waals surface area contributed by atoms with Crippen molar-refractivity contribution in [2.75, 3.05) is 7.05 Å². The molecule has 3 rings (SSSR count). The molecule has 6 nitrogen and oxygen atoms in total. The first-order valence-electron chi connectivity index (χ1n) is 9.43. The number of carbonyl (C=O) groups is 1. The molecule has 1 amide bonds. The van der Waals surface area contributed by atoms with Crippen LogP contribution in [0.2, 0.25) is 0 Å². The summed E-state index contributed by atoms with van der Waals surface area (Å²) in [5.41, 5.74) is 6.02. The van der Waals surface area contributed by atoms with E-state index >= 15 is 0 Å². The van der Waals surface area contributed by atoms with Crippen LogP contribution in [-0.2, 0) is 6.18 Å². The van der Waals surface area contributed by atoms with Gasteiger partial charge in [0.1, 0.15) is 5.69 Å². The number of nitrogens with zero attached hydrogens (tertiary/aromatic N) is 4. The molecule has 0 saturated heterocycles. The standard InChI is InChI=1S/C23H20F3N5O/c1-3-5-18(11-12-27)30(2)22(32)16-7-9-19(10-8-16)31-21(23(24,25)26)14-20(29-31)17-6-4-13-28-15-17/h3-15H,1,27H2,2H3/b12-11-,18-5+. The second-order valence-corrected chi connectivity index (χ2v) is 6.66. The molecule has 0 bridgehead atoms. The van der Waals surface area contributed by atoms with Gasteiger partial charge in [-0.25, -0.2) is 4.68 Å². The summed E-state index contributed by atoms with van der Waals surface area (Å²) < 4.78 is 41.7. The van der Waals surface area contributed by atoms with Crippen LogP contribution in [-0.4, -0.2) is 32.6 Å². The van der Waals surface area contributed by atoms with Crippen molar-refractivity contribution in [3.63, 3.8) is 0 Å². The molecule has 0 unspecified atom stereocenters. The maximum absolute atomic E-state index is 13.6. The van der Waals surface area contributed by atoms with Crippen molar-refractivity contribution in [2.45, 2.75) is 6.18 Å². The molecule has 0 atom stereocenters. The molecule has 0 radical (unpaired) electrons. The van der Waals surface area contributed by atoms with Crippen molar-refractivity contribution >= 4 is 5.91 Å². The summed E-state index contributed by atoms with van der Waals surface area (Å²) >= 11 is 0. The average Bonchev–Trinajstić information content (AvgIpc) is 3.25. The largest absolute Gasteiger partial charge is 0.433 e. The van der Waals surface area contributed by atoms with Gasteiger partial charge in [-0.3, -0.25) is 9.78 Å². The van der Waals surface area contributed by atoms with E-state index < -0.39 is 11.9 Å². The van der Waals surface area contributed by atoms with E-state index in [1.54, 1.807) is 25.3 Å². The highest BCUT2D eigenvalue weighted by Gasteiger charge is 2.36. The number of nitrogens with two attached hydrogens (primary N) is 1. The lowest BCUT2D eigenvalue weighted by Gasteiger charge is -2.18. The summed E-state index contributed by atoms with van der Waals surface area (Å²) in [5, 5.41) is 4.12. The van der Waals surface area contributed by atoms with Crippen LogP contribution in [0.1, 0.15) is 16.1 Å². The van der Waals surface area contributed by atoms with Gasteiger partial charge in [0, 0.05) is 36.3 Å². The fourth-order valence-corrected chi connectivity index (χ4v) is 2.99. The number of allylic oxidation sites excluding steroid dienone is 3. The van der Waals surface area contributed by atoms with Crippen molar-refractivity contribution in [1.29, 1.82) is 0 Å². The number of rotatable bonds is 6. The Hall–Kier alpha value is -4.14. The van der Waals surface area contributed by atoms with Gasteiger partial charge >= 0.3 is 6.18 Å². The lowest BCUT2D eigenvalue weighted by molar-refractivity contribution is -0.142. The predicted octanol–water partition coefficient (Wildman–Crippen LogP) is 4.57. The van der Waals surface area contributed by atoms with E-state index in [0.717, 1.165) is 10.7 Å². The molecular weight excluding hydrogens is 419 g/mol. The molecule has 0 spiro atoms. The quantitative estimate of drug-likeness (QED) is 0.571. The third-order valence-electron chi connectivity index (χ3n) is 4.56. The summed E-state index contributed by atoms with van der Waals surface area (Å²) in [6.45, 7) is 3.60. The van der Waals surface area contributed by atoms with Gasteiger partial charge in [0.15, 0.2) is 0 Å². The molecule has 2 aromatic heterocycles. The third-order valence-corrected chi connectivity index (χ3v) is 4.56. The van der Waals surface area contributed by atoms with Crippen LogP contribution in [0, 0.1) is 0 Å². The number of hydrogen-bond acceptors (Lipinski definition) is 4. The number of likely N-dealkylation sites (N-methyl/N-ethyl adjacent to an activating group) is 1. The Balaban J connectivity index is 1.97. The number of aromatic nitrogens is 3. The van der Waals surface area contributed by atoms with E-state index in [0.29, 0.717) is 11.3 Å². The van der Waals surface area contributed by atoms with Crippen LogP contribution in [0.15, 0.2) is 91.6 Å². The maximum Gasteiger partial charge on any atom is 0.433 e. The Labute approximate surface area is 182 Å². The van der Waals surface area contributed by atoms with Gasteiger partial charge < -0.3 is 10.6 Å². The van der Waals surface area contributed by atoms with Crippen molar-refractivity contribution in [3.05, 3.63) is 103 Å². The Bertz CT molecular complexity index is 1160. The van der Waals surface area contributed by atoms with Crippen LogP contribution < -0.4 is 5.73 Å². The molecule has 0 aliphatic heterocycles. The van der Waals surface area contributed by atoms with Gasteiger partial charge in [0.05, 0.1) is 11.4 Å². The molecule has 3 aromatic rings. The summed E-state index contributed by atoms with van der Waals surface area (Å²) in [6.07, 6.45) is 4.28. The number of amides is 1. The SMILES string of the molecule is C=C/C=C(\C=C/N)N(C)C(=O)c1ccc(-n2nc(-c3cccnc3)cc2C(F)(F)F)cc1. The lowest BCUT2D eigenvalue weighted by atomic mass is 10.1. The van der Waals surface area contributed by atoms with Crippen molar-refractivity contribution in [2.24, 2.45) is 5.73 Å². The second kappa shape index (κ2) is 9.34. The average molecular weight is 439 g/mol. The number of benzene rings is 1. The third kappa shape index (κ3) is 4.77. The molecule has 0 aliphatic carbocycles. The minimum atomic E-state index is -4.62. The predicted molar refractivity (Wildman–Crippen MR) is 115 cm³/mol. The van der Waals surface area contributed by atoms with Crippen LogP contribution in [0.3, 0.4) is 0 Å². The first kappa shape index (κ1) is 22.5. The molecule has 9 heteroatoms. The Morgan fingerprint density at radius 2 is 1.94 bits per heavy atom. The summed E-state index contributed by atoms with van der Waals surface area (Å²) in [7, 11) is 1.56. The fraction of sp³-hybridized carbons (Fsp3) is 0.0870. The second-order valence-electron chi connectivity index (χ2n) is 6.66. The minimum absolute atomic E-state index is 0.137. The van der Waals surface area contributed by atoms with Crippen LogP contribution in [0.4, 0.5) is 13.2 Å².